The van der Waals surface area contributed by atoms with Crippen LogP contribution < -0.4 is 5.73 Å². The van der Waals surface area contributed by atoms with E-state index in [-0.39, 0.29) is 0 Å². The van der Waals surface area contributed by atoms with Crippen LogP contribution in [0.25, 0.3) is 0 Å². The van der Waals surface area contributed by atoms with Crippen LogP contribution in [0.15, 0.2) is 30.3 Å². The first-order valence-corrected chi connectivity index (χ1v) is 8.61. The maximum atomic E-state index is 6.01. The molecule has 0 amide bonds. The first kappa shape index (κ1) is 16.5. The van der Waals surface area contributed by atoms with Crippen LogP contribution in [0.4, 0.5) is 0 Å². The van der Waals surface area contributed by atoms with Crippen molar-refractivity contribution in [2.45, 2.75) is 46.0 Å². The highest BCUT2D eigenvalue weighted by Crippen LogP contribution is 2.27. The van der Waals surface area contributed by atoms with Crippen molar-refractivity contribution in [3.63, 3.8) is 0 Å². The number of hydrogen-bond acceptors (Lipinski definition) is 2. The number of rotatable bonds is 7. The molecule has 1 aliphatic rings. The predicted molar refractivity (Wildman–Crippen MR) is 91.4 cm³/mol. The molecule has 0 spiro atoms. The standard InChI is InChI=1S/C19H32N2/c1-3-11-19(2,15-20)16-21-12-9-18(10-13-21)14-17-7-5-4-6-8-17/h4-8,18H,3,9-16,20H2,1-2H3. The molecule has 0 aliphatic carbocycles. The monoisotopic (exact) mass is 288 g/mol. The highest BCUT2D eigenvalue weighted by molar-refractivity contribution is 5.15. The van der Waals surface area contributed by atoms with Gasteiger partial charge in [0, 0.05) is 6.54 Å². The molecule has 1 fully saturated rings. The Morgan fingerprint density at radius 2 is 1.86 bits per heavy atom. The van der Waals surface area contributed by atoms with E-state index in [4.69, 9.17) is 5.73 Å². The number of piperidine rings is 1. The van der Waals surface area contributed by atoms with Gasteiger partial charge in [0.15, 0.2) is 0 Å². The fraction of sp³-hybridized carbons (Fsp3) is 0.684. The van der Waals surface area contributed by atoms with Crippen molar-refractivity contribution >= 4 is 0 Å². The van der Waals surface area contributed by atoms with Gasteiger partial charge in [0.05, 0.1) is 0 Å². The van der Waals surface area contributed by atoms with Gasteiger partial charge in [-0.1, -0.05) is 50.6 Å². The Hall–Kier alpha value is -0.860. The van der Waals surface area contributed by atoms with Gasteiger partial charge in [0.1, 0.15) is 0 Å². The number of nitrogens with zero attached hydrogens (tertiary/aromatic N) is 1. The van der Waals surface area contributed by atoms with E-state index in [0.717, 1.165) is 12.5 Å². The van der Waals surface area contributed by atoms with Crippen molar-refractivity contribution < 1.29 is 0 Å². The fourth-order valence-corrected chi connectivity index (χ4v) is 3.69. The van der Waals surface area contributed by atoms with Crippen molar-refractivity contribution in [2.24, 2.45) is 17.1 Å². The van der Waals surface area contributed by atoms with E-state index < -0.39 is 0 Å². The second kappa shape index (κ2) is 7.95. The van der Waals surface area contributed by atoms with Crippen LogP contribution in [-0.2, 0) is 6.42 Å². The van der Waals surface area contributed by atoms with Crippen LogP contribution in [0.5, 0.6) is 0 Å². The second-order valence-electron chi connectivity index (χ2n) is 7.17. The molecule has 2 rings (SSSR count). The van der Waals surface area contributed by atoms with Crippen molar-refractivity contribution in [3.05, 3.63) is 35.9 Å². The SMILES string of the molecule is CCCC(C)(CN)CN1CCC(Cc2ccccc2)CC1. The van der Waals surface area contributed by atoms with E-state index in [1.165, 1.54) is 57.3 Å². The molecule has 0 aromatic heterocycles. The molecule has 2 N–H and O–H groups in total. The summed E-state index contributed by atoms with van der Waals surface area (Å²) in [5.41, 5.74) is 7.81. The van der Waals surface area contributed by atoms with Crippen LogP contribution in [0, 0.1) is 11.3 Å². The zero-order chi connectivity index (χ0) is 15.1. The number of hydrogen-bond donors (Lipinski definition) is 1. The summed E-state index contributed by atoms with van der Waals surface area (Å²) in [6.07, 6.45) is 6.40. The van der Waals surface area contributed by atoms with Crippen LogP contribution in [-0.4, -0.2) is 31.1 Å². The van der Waals surface area contributed by atoms with Gasteiger partial charge in [0.25, 0.3) is 0 Å². The van der Waals surface area contributed by atoms with Gasteiger partial charge < -0.3 is 10.6 Å². The molecule has 1 aromatic carbocycles. The predicted octanol–water partition coefficient (Wildman–Crippen LogP) is 3.71. The van der Waals surface area contributed by atoms with Crippen LogP contribution >= 0.6 is 0 Å². The Kier molecular flexibility index (Phi) is 6.25. The Bertz CT molecular complexity index is 395. The van der Waals surface area contributed by atoms with E-state index in [1.807, 2.05) is 0 Å². The second-order valence-corrected chi connectivity index (χ2v) is 7.17. The van der Waals surface area contributed by atoms with Gasteiger partial charge in [0.2, 0.25) is 0 Å². The highest BCUT2D eigenvalue weighted by Gasteiger charge is 2.27. The molecule has 0 bridgehead atoms. The summed E-state index contributed by atoms with van der Waals surface area (Å²) >= 11 is 0. The molecular weight excluding hydrogens is 256 g/mol. The molecule has 1 unspecified atom stereocenters. The average molecular weight is 288 g/mol. The lowest BCUT2D eigenvalue weighted by molar-refractivity contribution is 0.116. The van der Waals surface area contributed by atoms with E-state index in [2.05, 4.69) is 49.1 Å². The summed E-state index contributed by atoms with van der Waals surface area (Å²) in [5.74, 6) is 0.860. The van der Waals surface area contributed by atoms with Gasteiger partial charge >= 0.3 is 0 Å². The first-order chi connectivity index (χ1) is 10.1. The third kappa shape index (κ3) is 5.12. The maximum Gasteiger partial charge on any atom is 0.00474 e. The van der Waals surface area contributed by atoms with Gasteiger partial charge in [-0.25, -0.2) is 0 Å². The third-order valence-electron chi connectivity index (χ3n) is 5.03. The lowest BCUT2D eigenvalue weighted by Crippen LogP contribution is -2.44. The molecule has 1 aliphatic heterocycles. The van der Waals surface area contributed by atoms with Gasteiger partial charge in [-0.15, -0.1) is 0 Å². The largest absolute Gasteiger partial charge is 0.330 e. The molecule has 1 atom stereocenters. The van der Waals surface area contributed by atoms with Crippen LogP contribution in [0.2, 0.25) is 0 Å². The molecular formula is C19H32N2. The lowest BCUT2D eigenvalue weighted by Gasteiger charge is -2.38. The summed E-state index contributed by atoms with van der Waals surface area (Å²) in [6, 6.07) is 10.9. The molecule has 21 heavy (non-hydrogen) atoms. The van der Waals surface area contributed by atoms with E-state index in [1.54, 1.807) is 0 Å². The summed E-state index contributed by atoms with van der Waals surface area (Å²) in [6.45, 7) is 9.10. The number of likely N-dealkylation sites (tertiary alicyclic amines) is 1. The molecule has 118 valence electrons. The van der Waals surface area contributed by atoms with E-state index in [0.29, 0.717) is 5.41 Å². The highest BCUT2D eigenvalue weighted by atomic mass is 15.1. The summed E-state index contributed by atoms with van der Waals surface area (Å²) in [5, 5.41) is 0. The van der Waals surface area contributed by atoms with Crippen molar-refractivity contribution in [1.82, 2.24) is 4.90 Å². The Morgan fingerprint density at radius 3 is 2.43 bits per heavy atom. The smallest absolute Gasteiger partial charge is 0.00474 e. The summed E-state index contributed by atoms with van der Waals surface area (Å²) in [4.78, 5) is 2.64. The minimum absolute atomic E-state index is 0.307. The molecule has 0 saturated carbocycles. The molecule has 0 radical (unpaired) electrons. The van der Waals surface area contributed by atoms with E-state index in [9.17, 15) is 0 Å². The molecule has 2 heteroatoms. The fourth-order valence-electron chi connectivity index (χ4n) is 3.69. The first-order valence-electron chi connectivity index (χ1n) is 8.61. The molecule has 1 aromatic rings. The van der Waals surface area contributed by atoms with Crippen LogP contribution in [0.1, 0.15) is 45.1 Å². The minimum Gasteiger partial charge on any atom is -0.330 e. The Morgan fingerprint density at radius 1 is 1.19 bits per heavy atom. The van der Waals surface area contributed by atoms with E-state index >= 15 is 0 Å². The lowest BCUT2D eigenvalue weighted by atomic mass is 9.83. The Balaban J connectivity index is 1.78. The topological polar surface area (TPSA) is 29.3 Å². The zero-order valence-corrected chi connectivity index (χ0v) is 13.9. The van der Waals surface area contributed by atoms with Crippen molar-refractivity contribution in [3.8, 4) is 0 Å². The maximum absolute atomic E-state index is 6.01. The molecule has 2 nitrogen and oxygen atoms in total. The number of nitrogens with two attached hydrogens (primary N) is 1. The van der Waals surface area contributed by atoms with Gasteiger partial charge in [-0.3, -0.25) is 0 Å². The minimum atomic E-state index is 0.307. The zero-order valence-electron chi connectivity index (χ0n) is 13.9. The normalized spacial score (nSPS) is 20.3. The summed E-state index contributed by atoms with van der Waals surface area (Å²) in [7, 11) is 0. The molecule has 1 saturated heterocycles. The molecule has 1 heterocycles. The summed E-state index contributed by atoms with van der Waals surface area (Å²) < 4.78 is 0. The average Bonchev–Trinajstić information content (AvgIpc) is 2.51. The third-order valence-corrected chi connectivity index (χ3v) is 5.03. The van der Waals surface area contributed by atoms with Gasteiger partial charge in [-0.05, 0) is 62.2 Å². The van der Waals surface area contributed by atoms with Crippen molar-refractivity contribution in [2.75, 3.05) is 26.2 Å². The van der Waals surface area contributed by atoms with Gasteiger partial charge in [-0.2, -0.15) is 0 Å². The Labute approximate surface area is 130 Å². The number of benzene rings is 1. The quantitative estimate of drug-likeness (QED) is 0.829. The van der Waals surface area contributed by atoms with Crippen LogP contribution in [0.3, 0.4) is 0 Å². The van der Waals surface area contributed by atoms with Crippen molar-refractivity contribution in [1.29, 1.82) is 0 Å².